The van der Waals surface area contributed by atoms with Gasteiger partial charge in [-0.2, -0.15) is 0 Å². The van der Waals surface area contributed by atoms with Gasteiger partial charge < -0.3 is 5.73 Å². The average Bonchev–Trinajstić information content (AvgIpc) is 1.88. The summed E-state index contributed by atoms with van der Waals surface area (Å²) in [6.45, 7) is 4.38. The summed E-state index contributed by atoms with van der Waals surface area (Å²) in [5, 5.41) is 0.768. The molecule has 0 spiro atoms. The largest absolute Gasteiger partial charge is 0.379 e. The highest BCUT2D eigenvalue weighted by Gasteiger charge is 2.16. The van der Waals surface area contributed by atoms with Gasteiger partial charge in [-0.3, -0.25) is 4.99 Å². The zero-order valence-electron chi connectivity index (χ0n) is 6.91. The van der Waals surface area contributed by atoms with Gasteiger partial charge >= 0.3 is 0 Å². The summed E-state index contributed by atoms with van der Waals surface area (Å²) in [7, 11) is 0. The highest BCUT2D eigenvalue weighted by molar-refractivity contribution is 8.93. The van der Waals surface area contributed by atoms with E-state index < -0.39 is 0 Å². The second-order valence-corrected chi connectivity index (χ2v) is 4.03. The van der Waals surface area contributed by atoms with E-state index >= 15 is 0 Å². The van der Waals surface area contributed by atoms with Crippen molar-refractivity contribution in [2.75, 3.05) is 5.75 Å². The third-order valence-electron chi connectivity index (χ3n) is 1.73. The lowest BCUT2D eigenvalue weighted by molar-refractivity contribution is 0.484. The highest BCUT2D eigenvalue weighted by atomic mass is 79.9. The fourth-order valence-corrected chi connectivity index (χ4v) is 1.81. The summed E-state index contributed by atoms with van der Waals surface area (Å²) in [4.78, 5) is 4.34. The second kappa shape index (κ2) is 5.04. The van der Waals surface area contributed by atoms with E-state index in [0.29, 0.717) is 12.0 Å². The molecule has 0 aromatic rings. The Kier molecular flexibility index (Phi) is 5.17. The van der Waals surface area contributed by atoms with Crippen molar-refractivity contribution in [3.05, 3.63) is 0 Å². The molecule has 0 bridgehead atoms. The van der Waals surface area contributed by atoms with Crippen LogP contribution in [0.25, 0.3) is 0 Å². The molecule has 11 heavy (non-hydrogen) atoms. The van der Waals surface area contributed by atoms with Crippen molar-refractivity contribution in [3.8, 4) is 0 Å². The Balaban J connectivity index is 0.000001000. The summed E-state index contributed by atoms with van der Waals surface area (Å²) in [6.07, 6.45) is 1.18. The zero-order valence-corrected chi connectivity index (χ0v) is 9.44. The molecule has 1 aliphatic heterocycles. The van der Waals surface area contributed by atoms with Crippen molar-refractivity contribution in [2.45, 2.75) is 26.3 Å². The molecule has 0 fully saturated rings. The summed E-state index contributed by atoms with van der Waals surface area (Å²) < 4.78 is 0. The van der Waals surface area contributed by atoms with Crippen molar-refractivity contribution in [2.24, 2.45) is 16.6 Å². The van der Waals surface area contributed by atoms with Gasteiger partial charge in [0.25, 0.3) is 0 Å². The van der Waals surface area contributed by atoms with Crippen LogP contribution in [0.2, 0.25) is 0 Å². The summed E-state index contributed by atoms with van der Waals surface area (Å²) in [5.74, 6) is 1.78. The van der Waals surface area contributed by atoms with Gasteiger partial charge in [0.15, 0.2) is 5.17 Å². The van der Waals surface area contributed by atoms with Crippen LogP contribution in [0.3, 0.4) is 0 Å². The van der Waals surface area contributed by atoms with E-state index in [1.165, 1.54) is 6.42 Å². The molecule has 0 aromatic heterocycles. The van der Waals surface area contributed by atoms with Gasteiger partial charge in [-0.15, -0.1) is 17.0 Å². The molecule has 4 heteroatoms. The lowest BCUT2D eigenvalue weighted by Gasteiger charge is -2.20. The van der Waals surface area contributed by atoms with Crippen LogP contribution in [0, 0.1) is 5.92 Å². The number of amidine groups is 1. The predicted molar refractivity (Wildman–Crippen MR) is 57.6 cm³/mol. The minimum Gasteiger partial charge on any atom is -0.379 e. The standard InChI is InChI=1S/C7H14N2S.BrH/c1-5(2)6-3-4-10-7(8)9-6;/h5-6H,3-4H2,1-2H3,(H2,8,9);1H/t6-;/m0./s1. The lowest BCUT2D eigenvalue weighted by atomic mass is 10.0. The number of nitrogens with zero attached hydrogens (tertiary/aromatic N) is 1. The Morgan fingerprint density at radius 1 is 1.64 bits per heavy atom. The number of hydrogen-bond acceptors (Lipinski definition) is 3. The van der Waals surface area contributed by atoms with E-state index in [2.05, 4.69) is 18.8 Å². The Morgan fingerprint density at radius 3 is 2.64 bits per heavy atom. The van der Waals surface area contributed by atoms with Gasteiger partial charge in [0, 0.05) is 5.75 Å². The van der Waals surface area contributed by atoms with Gasteiger partial charge in [-0.25, -0.2) is 0 Å². The van der Waals surface area contributed by atoms with E-state index in [1.54, 1.807) is 11.8 Å². The first-order valence-corrected chi connectivity index (χ1v) is 4.65. The van der Waals surface area contributed by atoms with Crippen molar-refractivity contribution in [1.82, 2.24) is 0 Å². The molecule has 1 aliphatic rings. The van der Waals surface area contributed by atoms with Crippen molar-refractivity contribution in [1.29, 1.82) is 0 Å². The smallest absolute Gasteiger partial charge is 0.154 e. The highest BCUT2D eigenvalue weighted by Crippen LogP contribution is 2.20. The van der Waals surface area contributed by atoms with Crippen LogP contribution < -0.4 is 5.73 Å². The van der Waals surface area contributed by atoms with Crippen LogP contribution >= 0.6 is 28.7 Å². The molecule has 2 nitrogen and oxygen atoms in total. The maximum Gasteiger partial charge on any atom is 0.154 e. The molecule has 0 saturated carbocycles. The quantitative estimate of drug-likeness (QED) is 0.760. The SMILES string of the molecule is Br.CC(C)[C@@H]1CCSC(N)=N1. The minimum absolute atomic E-state index is 0. The van der Waals surface area contributed by atoms with Crippen molar-refractivity contribution >= 4 is 33.9 Å². The summed E-state index contributed by atoms with van der Waals surface area (Å²) >= 11 is 1.67. The molecule has 0 amide bonds. The maximum atomic E-state index is 5.58. The van der Waals surface area contributed by atoms with Crippen LogP contribution in [-0.4, -0.2) is 17.0 Å². The molecule has 0 radical (unpaired) electrons. The second-order valence-electron chi connectivity index (χ2n) is 2.92. The van der Waals surface area contributed by atoms with Crippen LogP contribution in [0.4, 0.5) is 0 Å². The number of halogens is 1. The number of thioether (sulfide) groups is 1. The van der Waals surface area contributed by atoms with Gasteiger partial charge in [0.2, 0.25) is 0 Å². The Hall–Kier alpha value is 0.300. The van der Waals surface area contributed by atoms with Crippen LogP contribution in [-0.2, 0) is 0 Å². The first kappa shape index (κ1) is 11.3. The number of aliphatic imine (C=N–C) groups is 1. The van der Waals surface area contributed by atoms with Crippen LogP contribution in [0.1, 0.15) is 20.3 Å². The van der Waals surface area contributed by atoms with Gasteiger partial charge in [0.05, 0.1) is 6.04 Å². The van der Waals surface area contributed by atoms with E-state index in [0.717, 1.165) is 10.9 Å². The Bertz CT molecular complexity index is 147. The molecule has 0 aromatic carbocycles. The molecule has 2 N–H and O–H groups in total. The predicted octanol–water partition coefficient (Wildman–Crippen LogP) is 2.04. The van der Waals surface area contributed by atoms with Crippen molar-refractivity contribution in [3.63, 3.8) is 0 Å². The minimum atomic E-state index is 0. The molecule has 1 heterocycles. The molecular weight excluding hydrogens is 224 g/mol. The zero-order chi connectivity index (χ0) is 7.56. The Labute approximate surface area is 82.8 Å². The van der Waals surface area contributed by atoms with Crippen LogP contribution in [0.15, 0.2) is 4.99 Å². The molecule has 0 saturated heterocycles. The molecule has 66 valence electrons. The number of nitrogens with two attached hydrogens (primary N) is 1. The van der Waals surface area contributed by atoms with E-state index in [9.17, 15) is 0 Å². The molecular formula is C7H15BrN2S. The molecule has 0 unspecified atom stereocenters. The maximum absolute atomic E-state index is 5.58. The third-order valence-corrected chi connectivity index (χ3v) is 2.57. The normalized spacial score (nSPS) is 24.3. The van der Waals surface area contributed by atoms with E-state index in [4.69, 9.17) is 5.73 Å². The summed E-state index contributed by atoms with van der Waals surface area (Å²) in [6, 6.07) is 0.473. The monoisotopic (exact) mass is 238 g/mol. The van der Waals surface area contributed by atoms with E-state index in [1.807, 2.05) is 0 Å². The van der Waals surface area contributed by atoms with Gasteiger partial charge in [-0.05, 0) is 12.3 Å². The van der Waals surface area contributed by atoms with Crippen molar-refractivity contribution < 1.29 is 0 Å². The summed E-state index contributed by atoms with van der Waals surface area (Å²) in [5.41, 5.74) is 5.58. The molecule has 1 atom stereocenters. The fraction of sp³-hybridized carbons (Fsp3) is 0.857. The first-order valence-electron chi connectivity index (χ1n) is 3.66. The van der Waals surface area contributed by atoms with Gasteiger partial charge in [0.1, 0.15) is 0 Å². The van der Waals surface area contributed by atoms with E-state index in [-0.39, 0.29) is 17.0 Å². The molecule has 1 rings (SSSR count). The Morgan fingerprint density at radius 2 is 2.27 bits per heavy atom. The first-order chi connectivity index (χ1) is 4.70. The third kappa shape index (κ3) is 3.47. The topological polar surface area (TPSA) is 38.4 Å². The average molecular weight is 239 g/mol. The van der Waals surface area contributed by atoms with Gasteiger partial charge in [-0.1, -0.05) is 25.6 Å². The van der Waals surface area contributed by atoms with Crippen LogP contribution in [0.5, 0.6) is 0 Å². The molecule has 0 aliphatic carbocycles. The fourth-order valence-electron chi connectivity index (χ4n) is 1.03. The lowest BCUT2D eigenvalue weighted by Crippen LogP contribution is -2.23. The number of rotatable bonds is 1. The number of hydrogen-bond donors (Lipinski definition) is 1.